The number of nitrogen functional groups attached to an aromatic ring is 1. The summed E-state index contributed by atoms with van der Waals surface area (Å²) in [7, 11) is 1.82. The van der Waals surface area contributed by atoms with Crippen molar-refractivity contribution in [3.8, 4) is 11.5 Å². The monoisotopic (exact) mass is 459 g/mol. The van der Waals surface area contributed by atoms with E-state index in [-0.39, 0.29) is 41.7 Å². The van der Waals surface area contributed by atoms with E-state index in [0.717, 1.165) is 16.6 Å². The van der Waals surface area contributed by atoms with E-state index in [1.54, 1.807) is 29.1 Å². The second-order valence-corrected chi connectivity index (χ2v) is 8.14. The Bertz CT molecular complexity index is 1340. The number of anilines is 1. The van der Waals surface area contributed by atoms with E-state index >= 15 is 0 Å². The topological polar surface area (TPSA) is 117 Å². The second kappa shape index (κ2) is 7.64. The van der Waals surface area contributed by atoms with Crippen molar-refractivity contribution >= 4 is 22.5 Å². The number of hydrogen-bond donors (Lipinski definition) is 2. The highest BCUT2D eigenvalue weighted by molar-refractivity contribution is 5.95. The zero-order chi connectivity index (χ0) is 23.3. The first-order valence-electron chi connectivity index (χ1n) is 10.2. The van der Waals surface area contributed by atoms with Gasteiger partial charge in [-0.1, -0.05) is 11.2 Å². The molecule has 1 fully saturated rings. The third kappa shape index (κ3) is 4.15. The minimum Gasteiger partial charge on any atom is -0.398 e. The lowest BCUT2D eigenvalue weighted by atomic mass is 10.2. The SMILES string of the molecule is Cn1cc([C@@H]2C[C@H]2C(=O)NCc2nc(-c3cc4c(N)cccc4n3CC(F)(F)F)no2)cn1. The van der Waals surface area contributed by atoms with Crippen LogP contribution in [0.2, 0.25) is 0 Å². The van der Waals surface area contributed by atoms with Crippen molar-refractivity contribution in [2.45, 2.75) is 31.6 Å². The third-order valence-electron chi connectivity index (χ3n) is 5.71. The van der Waals surface area contributed by atoms with Gasteiger partial charge in [0.15, 0.2) is 0 Å². The molecule has 1 aliphatic carbocycles. The van der Waals surface area contributed by atoms with E-state index in [0.29, 0.717) is 16.6 Å². The van der Waals surface area contributed by atoms with E-state index in [1.165, 1.54) is 6.07 Å². The number of rotatable bonds is 6. The predicted octanol–water partition coefficient (Wildman–Crippen LogP) is 2.99. The van der Waals surface area contributed by atoms with Gasteiger partial charge in [0.1, 0.15) is 6.54 Å². The Morgan fingerprint density at radius 2 is 2.18 bits per heavy atom. The highest BCUT2D eigenvalue weighted by Gasteiger charge is 2.44. The fourth-order valence-corrected chi connectivity index (χ4v) is 4.05. The van der Waals surface area contributed by atoms with Gasteiger partial charge in [-0.3, -0.25) is 9.48 Å². The number of nitrogens with zero attached hydrogens (tertiary/aromatic N) is 5. The third-order valence-corrected chi connectivity index (χ3v) is 5.71. The summed E-state index contributed by atoms with van der Waals surface area (Å²) < 4.78 is 47.6. The zero-order valence-corrected chi connectivity index (χ0v) is 17.5. The van der Waals surface area contributed by atoms with Crippen LogP contribution in [0.3, 0.4) is 0 Å². The molecule has 172 valence electrons. The van der Waals surface area contributed by atoms with E-state index in [9.17, 15) is 18.0 Å². The van der Waals surface area contributed by atoms with Gasteiger partial charge in [0.2, 0.25) is 17.6 Å². The quantitative estimate of drug-likeness (QED) is 0.428. The molecule has 1 aliphatic rings. The molecule has 3 heterocycles. The van der Waals surface area contributed by atoms with E-state index in [4.69, 9.17) is 10.3 Å². The molecule has 2 atom stereocenters. The first-order valence-corrected chi connectivity index (χ1v) is 10.2. The Morgan fingerprint density at radius 1 is 1.36 bits per heavy atom. The summed E-state index contributed by atoms with van der Waals surface area (Å²) in [5.74, 6) is -0.107. The predicted molar refractivity (Wildman–Crippen MR) is 112 cm³/mol. The zero-order valence-electron chi connectivity index (χ0n) is 17.5. The lowest BCUT2D eigenvalue weighted by Gasteiger charge is -2.11. The molecule has 0 saturated heterocycles. The van der Waals surface area contributed by atoms with Crippen LogP contribution in [0.15, 0.2) is 41.2 Å². The van der Waals surface area contributed by atoms with Gasteiger partial charge in [-0.05, 0) is 36.1 Å². The van der Waals surface area contributed by atoms with Crippen molar-refractivity contribution < 1.29 is 22.5 Å². The van der Waals surface area contributed by atoms with Crippen LogP contribution in [-0.2, 0) is 24.9 Å². The summed E-state index contributed by atoms with van der Waals surface area (Å²) in [5.41, 5.74) is 7.74. The number of fused-ring (bicyclic) bond motifs is 1. The highest BCUT2D eigenvalue weighted by Crippen LogP contribution is 2.47. The molecule has 0 bridgehead atoms. The second-order valence-electron chi connectivity index (χ2n) is 8.14. The normalized spacial score (nSPS) is 18.1. The molecule has 1 aromatic carbocycles. The number of aryl methyl sites for hydroxylation is 1. The maximum absolute atomic E-state index is 13.2. The van der Waals surface area contributed by atoms with Gasteiger partial charge >= 0.3 is 6.18 Å². The minimum atomic E-state index is -4.46. The summed E-state index contributed by atoms with van der Waals surface area (Å²) in [6, 6.07) is 6.25. The van der Waals surface area contributed by atoms with Crippen molar-refractivity contribution in [3.63, 3.8) is 0 Å². The molecule has 1 amide bonds. The van der Waals surface area contributed by atoms with Crippen LogP contribution < -0.4 is 11.1 Å². The van der Waals surface area contributed by atoms with Crippen molar-refractivity contribution in [1.29, 1.82) is 0 Å². The van der Waals surface area contributed by atoms with Gasteiger partial charge < -0.3 is 20.1 Å². The lowest BCUT2D eigenvalue weighted by Crippen LogP contribution is -2.25. The van der Waals surface area contributed by atoms with Crippen molar-refractivity contribution in [1.82, 2.24) is 29.8 Å². The van der Waals surface area contributed by atoms with Crippen LogP contribution in [0.4, 0.5) is 18.9 Å². The average Bonchev–Trinajstić information content (AvgIpc) is 3.05. The number of hydrogen-bond acceptors (Lipinski definition) is 6. The van der Waals surface area contributed by atoms with Gasteiger partial charge in [-0.2, -0.15) is 23.3 Å². The first-order chi connectivity index (χ1) is 15.7. The summed E-state index contributed by atoms with van der Waals surface area (Å²) in [4.78, 5) is 16.6. The summed E-state index contributed by atoms with van der Waals surface area (Å²) >= 11 is 0. The van der Waals surface area contributed by atoms with Gasteiger partial charge in [-0.25, -0.2) is 0 Å². The van der Waals surface area contributed by atoms with Crippen LogP contribution in [-0.4, -0.2) is 36.6 Å². The number of nitrogens with two attached hydrogens (primary N) is 1. The van der Waals surface area contributed by atoms with Crippen LogP contribution in [0.1, 0.15) is 23.8 Å². The molecule has 33 heavy (non-hydrogen) atoms. The minimum absolute atomic E-state index is 0.0150. The molecular weight excluding hydrogens is 439 g/mol. The largest absolute Gasteiger partial charge is 0.406 e. The van der Waals surface area contributed by atoms with Crippen LogP contribution >= 0.6 is 0 Å². The number of halogens is 3. The highest BCUT2D eigenvalue weighted by atomic mass is 19.4. The fraction of sp³-hybridized carbons (Fsp3) is 0.333. The summed E-state index contributed by atoms with van der Waals surface area (Å²) in [6.45, 7) is -1.25. The maximum Gasteiger partial charge on any atom is 0.406 e. The van der Waals surface area contributed by atoms with Gasteiger partial charge in [0, 0.05) is 30.2 Å². The molecule has 9 nitrogen and oxygen atoms in total. The summed E-state index contributed by atoms with van der Waals surface area (Å²) in [6.07, 6.45) is -0.101. The number of nitrogens with one attached hydrogen (secondary N) is 1. The number of aromatic nitrogens is 5. The maximum atomic E-state index is 13.2. The Hall–Kier alpha value is -3.83. The Balaban J connectivity index is 1.32. The molecule has 0 spiro atoms. The van der Waals surface area contributed by atoms with Crippen LogP contribution in [0.5, 0.6) is 0 Å². The Morgan fingerprint density at radius 3 is 2.91 bits per heavy atom. The number of carbonyl (C=O) groups excluding carboxylic acids is 1. The molecule has 0 radical (unpaired) electrons. The average molecular weight is 459 g/mol. The molecule has 0 aliphatic heterocycles. The molecular formula is C21H20F3N7O2. The lowest BCUT2D eigenvalue weighted by molar-refractivity contribution is -0.139. The summed E-state index contributed by atoms with van der Waals surface area (Å²) in [5, 5.41) is 11.2. The van der Waals surface area contributed by atoms with E-state index in [1.807, 2.05) is 13.2 Å². The molecule has 5 rings (SSSR count). The van der Waals surface area contributed by atoms with Gasteiger partial charge in [0.05, 0.1) is 24.0 Å². The standard InChI is InChI=1S/C21H20F3N7O2/c1-30-9-11(7-27-30)12-5-13(12)20(32)26-8-18-28-19(29-33-18)17-6-14-15(25)3-2-4-16(14)31(17)10-21(22,23)24/h2-4,6-7,9,12-13H,5,8,10,25H2,1H3,(H,26,32)/t12-,13+/m0/s1. The smallest absolute Gasteiger partial charge is 0.398 e. The molecule has 3 N–H and O–H groups in total. The van der Waals surface area contributed by atoms with Crippen molar-refractivity contribution in [2.24, 2.45) is 13.0 Å². The van der Waals surface area contributed by atoms with E-state index in [2.05, 4.69) is 20.6 Å². The van der Waals surface area contributed by atoms with Crippen molar-refractivity contribution in [2.75, 3.05) is 5.73 Å². The fourth-order valence-electron chi connectivity index (χ4n) is 4.05. The Kier molecular flexibility index (Phi) is 4.87. The Labute approximate surface area is 185 Å². The van der Waals surface area contributed by atoms with Gasteiger partial charge in [0.25, 0.3) is 0 Å². The number of amides is 1. The van der Waals surface area contributed by atoms with Crippen molar-refractivity contribution in [3.05, 3.63) is 48.1 Å². The molecule has 1 saturated carbocycles. The van der Waals surface area contributed by atoms with E-state index < -0.39 is 12.7 Å². The molecule has 3 aromatic heterocycles. The first kappa shape index (κ1) is 21.0. The number of benzene rings is 1. The molecule has 12 heteroatoms. The number of carbonyl (C=O) groups is 1. The van der Waals surface area contributed by atoms with Crippen LogP contribution in [0.25, 0.3) is 22.4 Å². The number of alkyl halides is 3. The molecule has 4 aromatic rings. The van der Waals surface area contributed by atoms with Gasteiger partial charge in [-0.15, -0.1) is 0 Å². The van der Waals surface area contributed by atoms with Crippen LogP contribution in [0, 0.1) is 5.92 Å². The molecule has 0 unspecified atom stereocenters.